The minimum atomic E-state index is -0.205. The third kappa shape index (κ3) is 3.02. The minimum Gasteiger partial charge on any atom is -0.314 e. The zero-order chi connectivity index (χ0) is 13.1. The van der Waals surface area contributed by atoms with E-state index in [4.69, 9.17) is 11.6 Å². The van der Waals surface area contributed by atoms with Crippen molar-refractivity contribution in [1.82, 2.24) is 10.2 Å². The molecule has 1 aliphatic heterocycles. The van der Waals surface area contributed by atoms with Crippen LogP contribution in [0.4, 0.5) is 4.39 Å². The zero-order valence-electron chi connectivity index (χ0n) is 10.9. The molecular formula is C14H20ClFN2. The number of nitrogens with zero attached hydrogens (tertiary/aromatic N) is 1. The summed E-state index contributed by atoms with van der Waals surface area (Å²) in [5, 5.41) is 3.92. The molecule has 1 N–H and O–H groups in total. The van der Waals surface area contributed by atoms with Crippen molar-refractivity contribution in [3.05, 3.63) is 34.6 Å². The summed E-state index contributed by atoms with van der Waals surface area (Å²) >= 11 is 6.09. The highest BCUT2D eigenvalue weighted by molar-refractivity contribution is 6.31. The van der Waals surface area contributed by atoms with E-state index in [-0.39, 0.29) is 5.82 Å². The molecular weight excluding hydrogens is 251 g/mol. The van der Waals surface area contributed by atoms with Crippen molar-refractivity contribution in [3.8, 4) is 0 Å². The highest BCUT2D eigenvalue weighted by Gasteiger charge is 2.26. The summed E-state index contributed by atoms with van der Waals surface area (Å²) in [6.07, 6.45) is 0. The van der Waals surface area contributed by atoms with E-state index in [1.807, 2.05) is 0 Å². The minimum absolute atomic E-state index is 0.205. The highest BCUT2D eigenvalue weighted by Crippen LogP contribution is 2.23. The largest absolute Gasteiger partial charge is 0.314 e. The second kappa shape index (κ2) is 6.00. The smallest absolute Gasteiger partial charge is 0.129 e. The van der Waals surface area contributed by atoms with Crippen LogP contribution in [0.3, 0.4) is 0 Å². The number of benzene rings is 1. The summed E-state index contributed by atoms with van der Waals surface area (Å²) in [7, 11) is 0. The van der Waals surface area contributed by atoms with Crippen LogP contribution in [-0.4, -0.2) is 30.6 Å². The van der Waals surface area contributed by atoms with E-state index in [1.54, 1.807) is 12.1 Å². The lowest BCUT2D eigenvalue weighted by molar-refractivity contribution is 0.116. The van der Waals surface area contributed by atoms with Crippen molar-refractivity contribution in [2.24, 2.45) is 5.92 Å². The van der Waals surface area contributed by atoms with Gasteiger partial charge in [0.15, 0.2) is 0 Å². The molecule has 0 aliphatic carbocycles. The van der Waals surface area contributed by atoms with Gasteiger partial charge in [0.1, 0.15) is 5.82 Å². The summed E-state index contributed by atoms with van der Waals surface area (Å²) < 4.78 is 13.8. The van der Waals surface area contributed by atoms with Crippen LogP contribution < -0.4 is 5.32 Å². The molecule has 1 unspecified atom stereocenters. The Labute approximate surface area is 113 Å². The predicted octanol–water partition coefficient (Wildman–Crippen LogP) is 2.91. The SMILES string of the molecule is CC(C)C1CNCCN1Cc1c(F)cccc1Cl. The molecule has 18 heavy (non-hydrogen) atoms. The van der Waals surface area contributed by atoms with Crippen molar-refractivity contribution in [2.45, 2.75) is 26.4 Å². The fourth-order valence-corrected chi connectivity index (χ4v) is 2.73. The number of piperazine rings is 1. The Balaban J connectivity index is 2.16. The van der Waals surface area contributed by atoms with E-state index in [1.165, 1.54) is 6.07 Å². The molecule has 1 aromatic rings. The molecule has 0 radical (unpaired) electrons. The second-order valence-electron chi connectivity index (χ2n) is 5.19. The van der Waals surface area contributed by atoms with E-state index in [2.05, 4.69) is 24.1 Å². The first-order chi connectivity index (χ1) is 8.59. The van der Waals surface area contributed by atoms with Gasteiger partial charge in [-0.15, -0.1) is 0 Å². The highest BCUT2D eigenvalue weighted by atomic mass is 35.5. The van der Waals surface area contributed by atoms with Crippen LogP contribution in [0.5, 0.6) is 0 Å². The van der Waals surface area contributed by atoms with Crippen LogP contribution in [0.2, 0.25) is 5.02 Å². The zero-order valence-corrected chi connectivity index (χ0v) is 11.7. The molecule has 0 spiro atoms. The summed E-state index contributed by atoms with van der Waals surface area (Å²) in [6.45, 7) is 7.85. The first-order valence-electron chi connectivity index (χ1n) is 6.47. The molecule has 100 valence electrons. The average Bonchev–Trinajstić information content (AvgIpc) is 2.34. The number of nitrogens with one attached hydrogen (secondary N) is 1. The number of hydrogen-bond acceptors (Lipinski definition) is 2. The monoisotopic (exact) mass is 270 g/mol. The van der Waals surface area contributed by atoms with Gasteiger partial charge in [-0.25, -0.2) is 4.39 Å². The topological polar surface area (TPSA) is 15.3 Å². The lowest BCUT2D eigenvalue weighted by Crippen LogP contribution is -2.53. The van der Waals surface area contributed by atoms with E-state index in [9.17, 15) is 4.39 Å². The molecule has 2 nitrogen and oxygen atoms in total. The number of halogens is 2. The molecule has 1 saturated heterocycles. The van der Waals surface area contributed by atoms with Crippen molar-refractivity contribution in [2.75, 3.05) is 19.6 Å². The standard InChI is InChI=1S/C14H20ClFN2/c1-10(2)14-8-17-6-7-18(14)9-11-12(15)4-3-5-13(11)16/h3-5,10,14,17H,6-9H2,1-2H3. The maximum absolute atomic E-state index is 13.8. The van der Waals surface area contributed by atoms with Gasteiger partial charge in [0.05, 0.1) is 0 Å². The van der Waals surface area contributed by atoms with Gasteiger partial charge in [0, 0.05) is 42.8 Å². The van der Waals surface area contributed by atoms with Crippen LogP contribution in [0.25, 0.3) is 0 Å². The summed E-state index contributed by atoms with van der Waals surface area (Å²) in [4.78, 5) is 2.32. The summed E-state index contributed by atoms with van der Waals surface area (Å²) in [5.74, 6) is 0.340. The molecule has 1 aromatic carbocycles. The van der Waals surface area contributed by atoms with E-state index < -0.39 is 0 Å². The van der Waals surface area contributed by atoms with Gasteiger partial charge in [-0.3, -0.25) is 4.90 Å². The molecule has 1 fully saturated rings. The molecule has 1 heterocycles. The first-order valence-corrected chi connectivity index (χ1v) is 6.85. The normalized spacial score (nSPS) is 21.5. The van der Waals surface area contributed by atoms with Crippen LogP contribution in [0.15, 0.2) is 18.2 Å². The molecule has 0 bridgehead atoms. The summed E-state index contributed by atoms with van der Waals surface area (Å²) in [6, 6.07) is 5.33. The molecule has 0 aromatic heterocycles. The molecule has 4 heteroatoms. The lowest BCUT2D eigenvalue weighted by atomic mass is 9.99. The number of hydrogen-bond donors (Lipinski definition) is 1. The van der Waals surface area contributed by atoms with E-state index in [0.29, 0.717) is 29.1 Å². The maximum atomic E-state index is 13.8. The summed E-state index contributed by atoms with van der Waals surface area (Å²) in [5.41, 5.74) is 0.617. The fourth-order valence-electron chi connectivity index (χ4n) is 2.51. The second-order valence-corrected chi connectivity index (χ2v) is 5.59. The Hall–Kier alpha value is -0.640. The first kappa shape index (κ1) is 13.8. The Morgan fingerprint density at radius 3 is 2.94 bits per heavy atom. The third-order valence-corrected chi connectivity index (χ3v) is 3.94. The van der Waals surface area contributed by atoms with Crippen LogP contribution in [0.1, 0.15) is 19.4 Å². The van der Waals surface area contributed by atoms with Crippen molar-refractivity contribution >= 4 is 11.6 Å². The van der Waals surface area contributed by atoms with Gasteiger partial charge in [0.25, 0.3) is 0 Å². The van der Waals surface area contributed by atoms with Crippen LogP contribution >= 0.6 is 11.6 Å². The Morgan fingerprint density at radius 2 is 2.28 bits per heavy atom. The van der Waals surface area contributed by atoms with Crippen LogP contribution in [-0.2, 0) is 6.54 Å². The van der Waals surface area contributed by atoms with Gasteiger partial charge in [-0.2, -0.15) is 0 Å². The fraction of sp³-hybridized carbons (Fsp3) is 0.571. The van der Waals surface area contributed by atoms with E-state index >= 15 is 0 Å². The molecule has 0 saturated carbocycles. The van der Waals surface area contributed by atoms with Gasteiger partial charge in [-0.05, 0) is 18.1 Å². The van der Waals surface area contributed by atoms with Crippen LogP contribution in [0, 0.1) is 11.7 Å². The maximum Gasteiger partial charge on any atom is 0.129 e. The molecule has 1 atom stereocenters. The predicted molar refractivity (Wildman–Crippen MR) is 73.3 cm³/mol. The lowest BCUT2D eigenvalue weighted by Gasteiger charge is -2.38. The Kier molecular flexibility index (Phi) is 4.60. The third-order valence-electron chi connectivity index (χ3n) is 3.59. The van der Waals surface area contributed by atoms with Crippen molar-refractivity contribution in [3.63, 3.8) is 0 Å². The number of rotatable bonds is 3. The Morgan fingerprint density at radius 1 is 1.50 bits per heavy atom. The molecule has 1 aliphatic rings. The molecule has 2 rings (SSSR count). The van der Waals surface area contributed by atoms with Gasteiger partial charge >= 0.3 is 0 Å². The van der Waals surface area contributed by atoms with Gasteiger partial charge in [0.2, 0.25) is 0 Å². The molecule has 0 amide bonds. The van der Waals surface area contributed by atoms with Crippen molar-refractivity contribution in [1.29, 1.82) is 0 Å². The average molecular weight is 271 g/mol. The Bertz CT molecular complexity index is 389. The van der Waals surface area contributed by atoms with Gasteiger partial charge in [-0.1, -0.05) is 31.5 Å². The van der Waals surface area contributed by atoms with Gasteiger partial charge < -0.3 is 5.32 Å². The van der Waals surface area contributed by atoms with E-state index in [0.717, 1.165) is 19.6 Å². The van der Waals surface area contributed by atoms with Crippen molar-refractivity contribution < 1.29 is 4.39 Å². The quantitative estimate of drug-likeness (QED) is 0.909.